The summed E-state index contributed by atoms with van der Waals surface area (Å²) in [5, 5.41) is 12.2. The number of ether oxygens (including phenoxy) is 2. The molecule has 0 radical (unpaired) electrons. The van der Waals surface area contributed by atoms with Crippen LogP contribution < -0.4 is 10.1 Å². The van der Waals surface area contributed by atoms with Crippen molar-refractivity contribution in [3.05, 3.63) is 42.0 Å². The second-order valence-corrected chi connectivity index (χ2v) is 6.00. The molecule has 0 unspecified atom stereocenters. The van der Waals surface area contributed by atoms with Crippen molar-refractivity contribution in [2.75, 3.05) is 7.11 Å². The summed E-state index contributed by atoms with van der Waals surface area (Å²) in [5.74, 6) is -2.26. The van der Waals surface area contributed by atoms with Gasteiger partial charge in [0.05, 0.1) is 24.7 Å². The van der Waals surface area contributed by atoms with Crippen molar-refractivity contribution in [3.8, 4) is 5.75 Å². The van der Waals surface area contributed by atoms with E-state index in [4.69, 9.17) is 9.47 Å². The van der Waals surface area contributed by atoms with Crippen molar-refractivity contribution in [3.63, 3.8) is 0 Å². The lowest BCUT2D eigenvalue weighted by Gasteiger charge is -2.28. The molecule has 3 rings (SSSR count). The average molecular weight is 317 g/mol. The molecule has 4 atom stereocenters. The van der Waals surface area contributed by atoms with Crippen molar-refractivity contribution < 1.29 is 24.2 Å². The fraction of sp³-hybridized carbons (Fsp3) is 0.412. The maximum Gasteiger partial charge on any atom is 0.310 e. The standard InChI is InChI=1S/C17H19NO5/c1-17-8-7-12(23-17)13(16(20)21)14(17)15(19)18-9-10-5-3-4-6-11(10)22-2/h3-8,12-14H,9H2,1-2H3,(H,18,19)(H,20,21)/t12-,13+,14+,17-/m1/s1. The van der Waals surface area contributed by atoms with Crippen molar-refractivity contribution in [1.29, 1.82) is 0 Å². The quantitative estimate of drug-likeness (QED) is 0.801. The van der Waals surface area contributed by atoms with Crippen molar-refractivity contribution in [1.82, 2.24) is 5.32 Å². The number of para-hydroxylation sites is 1. The van der Waals surface area contributed by atoms with Gasteiger partial charge in [0.25, 0.3) is 0 Å². The lowest BCUT2D eigenvalue weighted by atomic mass is 9.75. The van der Waals surface area contributed by atoms with Gasteiger partial charge in [-0.05, 0) is 13.0 Å². The number of rotatable bonds is 5. The summed E-state index contributed by atoms with van der Waals surface area (Å²) in [6.45, 7) is 2.02. The smallest absolute Gasteiger partial charge is 0.310 e. The van der Waals surface area contributed by atoms with Crippen LogP contribution in [-0.2, 0) is 20.9 Å². The number of hydrogen-bond donors (Lipinski definition) is 2. The molecule has 0 aliphatic carbocycles. The molecule has 2 aliphatic heterocycles. The topological polar surface area (TPSA) is 84.9 Å². The van der Waals surface area contributed by atoms with Crippen LogP contribution >= 0.6 is 0 Å². The van der Waals surface area contributed by atoms with E-state index in [2.05, 4.69) is 5.32 Å². The molecular weight excluding hydrogens is 298 g/mol. The molecule has 1 amide bonds. The van der Waals surface area contributed by atoms with Crippen molar-refractivity contribution >= 4 is 11.9 Å². The molecule has 1 aromatic carbocycles. The van der Waals surface area contributed by atoms with Gasteiger partial charge in [-0.25, -0.2) is 0 Å². The predicted octanol–water partition coefficient (Wildman–Crippen LogP) is 1.36. The number of hydrogen-bond acceptors (Lipinski definition) is 4. The summed E-state index contributed by atoms with van der Waals surface area (Å²) in [4.78, 5) is 24.1. The minimum Gasteiger partial charge on any atom is -0.496 e. The molecule has 2 N–H and O–H groups in total. The minimum absolute atomic E-state index is 0.274. The molecule has 0 spiro atoms. The van der Waals surface area contributed by atoms with Crippen LogP contribution in [-0.4, -0.2) is 35.8 Å². The molecule has 0 saturated carbocycles. The summed E-state index contributed by atoms with van der Waals surface area (Å²) < 4.78 is 10.9. The second-order valence-electron chi connectivity index (χ2n) is 6.00. The van der Waals surface area contributed by atoms with E-state index in [0.29, 0.717) is 5.75 Å². The summed E-state index contributed by atoms with van der Waals surface area (Å²) in [6, 6.07) is 7.37. The Hall–Kier alpha value is -2.34. The van der Waals surface area contributed by atoms with Crippen LogP contribution in [0.3, 0.4) is 0 Å². The third kappa shape index (κ3) is 2.59. The van der Waals surface area contributed by atoms with E-state index < -0.39 is 29.5 Å². The third-order valence-electron chi connectivity index (χ3n) is 4.55. The average Bonchev–Trinajstić information content (AvgIpc) is 3.06. The van der Waals surface area contributed by atoms with Crippen LogP contribution in [0.25, 0.3) is 0 Å². The number of methoxy groups -OCH3 is 1. The van der Waals surface area contributed by atoms with Gasteiger partial charge >= 0.3 is 5.97 Å². The van der Waals surface area contributed by atoms with Crippen LogP contribution in [0.15, 0.2) is 36.4 Å². The highest BCUT2D eigenvalue weighted by atomic mass is 16.5. The third-order valence-corrected chi connectivity index (χ3v) is 4.55. The number of nitrogens with one attached hydrogen (secondary N) is 1. The molecule has 2 bridgehead atoms. The number of carbonyl (C=O) groups is 2. The summed E-state index contributed by atoms with van der Waals surface area (Å²) >= 11 is 0. The van der Waals surface area contributed by atoms with Gasteiger partial charge in [0, 0.05) is 12.1 Å². The Morgan fingerprint density at radius 3 is 2.83 bits per heavy atom. The molecule has 1 aromatic rings. The summed E-state index contributed by atoms with van der Waals surface area (Å²) in [6.07, 6.45) is 2.97. The molecule has 23 heavy (non-hydrogen) atoms. The number of carbonyl (C=O) groups excluding carboxylic acids is 1. The minimum atomic E-state index is -1.01. The zero-order chi connectivity index (χ0) is 16.6. The first-order valence-electron chi connectivity index (χ1n) is 7.46. The lowest BCUT2D eigenvalue weighted by Crippen LogP contribution is -2.46. The highest BCUT2D eigenvalue weighted by Crippen LogP contribution is 2.47. The highest BCUT2D eigenvalue weighted by molar-refractivity contribution is 5.88. The Morgan fingerprint density at radius 1 is 1.39 bits per heavy atom. The maximum absolute atomic E-state index is 12.6. The van der Waals surface area contributed by atoms with E-state index in [0.717, 1.165) is 5.56 Å². The number of carboxylic acid groups (broad SMARTS) is 1. The van der Waals surface area contributed by atoms with Crippen molar-refractivity contribution in [2.45, 2.75) is 25.2 Å². The van der Waals surface area contributed by atoms with Crippen molar-refractivity contribution in [2.24, 2.45) is 11.8 Å². The van der Waals surface area contributed by atoms with Crippen LogP contribution in [0.1, 0.15) is 12.5 Å². The SMILES string of the molecule is COc1ccccc1CNC(=O)[C@@H]1[C@@H](C(=O)O)[C@H]2C=C[C@@]1(C)O2. The fourth-order valence-corrected chi connectivity index (χ4v) is 3.42. The number of fused-ring (bicyclic) bond motifs is 2. The molecule has 2 aliphatic rings. The van der Waals surface area contributed by atoms with Gasteiger partial charge in [0.15, 0.2) is 0 Å². The van der Waals surface area contributed by atoms with Gasteiger partial charge in [-0.3, -0.25) is 9.59 Å². The Balaban J connectivity index is 1.75. The molecule has 6 heteroatoms. The van der Waals surface area contributed by atoms with E-state index >= 15 is 0 Å². The van der Waals surface area contributed by atoms with E-state index in [9.17, 15) is 14.7 Å². The van der Waals surface area contributed by atoms with E-state index in [1.807, 2.05) is 24.3 Å². The predicted molar refractivity (Wildman–Crippen MR) is 81.9 cm³/mol. The molecule has 1 saturated heterocycles. The number of carboxylic acids is 1. The molecular formula is C17H19NO5. The first-order chi connectivity index (χ1) is 11.0. The van der Waals surface area contributed by atoms with E-state index in [-0.39, 0.29) is 12.5 Å². The molecule has 6 nitrogen and oxygen atoms in total. The summed E-state index contributed by atoms with van der Waals surface area (Å²) in [7, 11) is 1.57. The highest BCUT2D eigenvalue weighted by Gasteiger charge is 2.59. The molecule has 1 fully saturated rings. The van der Waals surface area contributed by atoms with Gasteiger partial charge < -0.3 is 19.9 Å². The number of benzene rings is 1. The van der Waals surface area contributed by atoms with Crippen LogP contribution in [0, 0.1) is 11.8 Å². The van der Waals surface area contributed by atoms with Crippen LogP contribution in [0.4, 0.5) is 0 Å². The van der Waals surface area contributed by atoms with E-state index in [1.54, 1.807) is 26.2 Å². The number of amides is 1. The zero-order valence-electron chi connectivity index (χ0n) is 13.0. The molecule has 2 heterocycles. The first-order valence-corrected chi connectivity index (χ1v) is 7.46. The number of aliphatic carboxylic acids is 1. The first kappa shape index (κ1) is 15.6. The Labute approximate surface area is 134 Å². The van der Waals surface area contributed by atoms with Gasteiger partial charge in [-0.1, -0.05) is 30.4 Å². The van der Waals surface area contributed by atoms with E-state index in [1.165, 1.54) is 0 Å². The van der Waals surface area contributed by atoms with Gasteiger partial charge in [-0.2, -0.15) is 0 Å². The normalized spacial score (nSPS) is 31.1. The second kappa shape index (κ2) is 5.70. The fourth-order valence-electron chi connectivity index (χ4n) is 3.42. The Morgan fingerprint density at radius 2 is 2.13 bits per heavy atom. The maximum atomic E-state index is 12.6. The molecule has 122 valence electrons. The van der Waals surface area contributed by atoms with Gasteiger partial charge in [0.1, 0.15) is 11.7 Å². The molecule has 0 aromatic heterocycles. The van der Waals surface area contributed by atoms with Gasteiger partial charge in [0.2, 0.25) is 5.91 Å². The summed E-state index contributed by atoms with van der Waals surface area (Å²) in [5.41, 5.74) is -0.0292. The largest absolute Gasteiger partial charge is 0.496 e. The van der Waals surface area contributed by atoms with Crippen LogP contribution in [0.5, 0.6) is 5.75 Å². The Bertz CT molecular complexity index is 671. The van der Waals surface area contributed by atoms with Crippen LogP contribution in [0.2, 0.25) is 0 Å². The van der Waals surface area contributed by atoms with Gasteiger partial charge in [-0.15, -0.1) is 0 Å². The zero-order valence-corrected chi connectivity index (χ0v) is 13.0. The monoisotopic (exact) mass is 317 g/mol. The Kier molecular flexibility index (Phi) is 3.85. The lowest BCUT2D eigenvalue weighted by molar-refractivity contribution is -0.147.